The Morgan fingerprint density at radius 3 is 3.04 bits per heavy atom. The second kappa shape index (κ2) is 6.63. The molecule has 136 valence electrons. The third kappa shape index (κ3) is 2.77. The van der Waals surface area contributed by atoms with E-state index in [1.165, 1.54) is 48.4 Å². The minimum absolute atomic E-state index is 0.613. The van der Waals surface area contributed by atoms with Gasteiger partial charge in [-0.05, 0) is 53.6 Å². The largest absolute Gasteiger partial charge is 0.381 e. The molecule has 3 aliphatic heterocycles. The zero-order valence-corrected chi connectivity index (χ0v) is 16.2. The predicted molar refractivity (Wildman–Crippen MR) is 110 cm³/mol. The Morgan fingerprint density at radius 2 is 2.12 bits per heavy atom. The molecular formula is C21H23Cl2N3. The van der Waals surface area contributed by atoms with Crippen molar-refractivity contribution < 1.29 is 0 Å². The van der Waals surface area contributed by atoms with E-state index in [2.05, 4.69) is 27.7 Å². The maximum Gasteiger partial charge on any atom is 0.0642 e. The quantitative estimate of drug-likeness (QED) is 0.800. The molecule has 5 rings (SSSR count). The fourth-order valence-electron chi connectivity index (χ4n) is 4.89. The number of hydrogen-bond donors (Lipinski definition) is 2. The second-order valence-corrected chi connectivity index (χ2v) is 8.50. The van der Waals surface area contributed by atoms with Crippen molar-refractivity contribution in [2.45, 2.75) is 25.3 Å². The van der Waals surface area contributed by atoms with Crippen LogP contribution in [0.15, 0.2) is 30.3 Å². The molecule has 1 saturated heterocycles. The third-order valence-electron chi connectivity index (χ3n) is 6.12. The van der Waals surface area contributed by atoms with Crippen LogP contribution in [0.1, 0.15) is 29.0 Å². The van der Waals surface area contributed by atoms with Gasteiger partial charge in [-0.25, -0.2) is 0 Å². The van der Waals surface area contributed by atoms with Crippen molar-refractivity contribution in [3.8, 4) is 0 Å². The van der Waals surface area contributed by atoms with E-state index in [0.717, 1.165) is 24.6 Å². The average molecular weight is 388 g/mol. The zero-order chi connectivity index (χ0) is 17.7. The molecule has 5 heteroatoms. The standard InChI is InChI=1S/C21H23Cl2N3/c22-19-5-1-3-14(20(19)23)10-25-16-7-13-4-2-6-26-12-15-9-24-11-18(15)17(8-16)21(13)26/h1,3,5,7-8,15,18,24-25H,2,4,6,9-12H2. The second-order valence-electron chi connectivity index (χ2n) is 7.71. The molecule has 2 aromatic rings. The molecular weight excluding hydrogens is 365 g/mol. The number of anilines is 2. The van der Waals surface area contributed by atoms with E-state index in [-0.39, 0.29) is 0 Å². The van der Waals surface area contributed by atoms with Crippen LogP contribution in [0.5, 0.6) is 0 Å². The van der Waals surface area contributed by atoms with Gasteiger partial charge in [-0.3, -0.25) is 0 Å². The van der Waals surface area contributed by atoms with Gasteiger partial charge in [-0.2, -0.15) is 0 Å². The molecule has 1 fully saturated rings. The summed E-state index contributed by atoms with van der Waals surface area (Å²) in [5.41, 5.74) is 6.78. The number of benzene rings is 2. The van der Waals surface area contributed by atoms with Crippen LogP contribution in [-0.2, 0) is 13.0 Å². The van der Waals surface area contributed by atoms with Crippen molar-refractivity contribution in [3.05, 3.63) is 57.1 Å². The summed E-state index contributed by atoms with van der Waals surface area (Å²) in [6.07, 6.45) is 2.43. The van der Waals surface area contributed by atoms with Gasteiger partial charge in [0.15, 0.2) is 0 Å². The number of nitrogens with one attached hydrogen (secondary N) is 2. The van der Waals surface area contributed by atoms with Crippen LogP contribution in [0.4, 0.5) is 11.4 Å². The van der Waals surface area contributed by atoms with Gasteiger partial charge in [0, 0.05) is 50.0 Å². The number of hydrogen-bond acceptors (Lipinski definition) is 3. The third-order valence-corrected chi connectivity index (χ3v) is 6.98. The predicted octanol–water partition coefficient (Wildman–Crippen LogP) is 4.67. The van der Waals surface area contributed by atoms with Crippen LogP contribution in [0.3, 0.4) is 0 Å². The van der Waals surface area contributed by atoms with Crippen LogP contribution in [0, 0.1) is 5.92 Å². The Morgan fingerprint density at radius 1 is 1.19 bits per heavy atom. The van der Waals surface area contributed by atoms with E-state index in [4.69, 9.17) is 23.2 Å². The summed E-state index contributed by atoms with van der Waals surface area (Å²) in [4.78, 5) is 2.62. The van der Waals surface area contributed by atoms with E-state index < -0.39 is 0 Å². The minimum atomic E-state index is 0.613. The zero-order valence-electron chi connectivity index (χ0n) is 14.7. The lowest BCUT2D eigenvalue weighted by atomic mass is 9.80. The highest BCUT2D eigenvalue weighted by Gasteiger charge is 2.38. The number of rotatable bonds is 3. The molecule has 26 heavy (non-hydrogen) atoms. The maximum atomic E-state index is 6.35. The van der Waals surface area contributed by atoms with Crippen LogP contribution in [0.2, 0.25) is 10.0 Å². The van der Waals surface area contributed by atoms with Gasteiger partial charge in [-0.1, -0.05) is 35.3 Å². The molecule has 0 radical (unpaired) electrons. The van der Waals surface area contributed by atoms with Gasteiger partial charge in [0.05, 0.1) is 10.0 Å². The monoisotopic (exact) mass is 387 g/mol. The van der Waals surface area contributed by atoms with Gasteiger partial charge in [0.25, 0.3) is 0 Å². The summed E-state index contributed by atoms with van der Waals surface area (Å²) < 4.78 is 0. The topological polar surface area (TPSA) is 27.3 Å². The fraction of sp³-hybridized carbons (Fsp3) is 0.429. The first kappa shape index (κ1) is 16.7. The number of aryl methyl sites for hydroxylation is 1. The van der Waals surface area contributed by atoms with Crippen LogP contribution in [0.25, 0.3) is 0 Å². The van der Waals surface area contributed by atoms with Crippen LogP contribution >= 0.6 is 23.2 Å². The van der Waals surface area contributed by atoms with Crippen molar-refractivity contribution in [1.82, 2.24) is 5.32 Å². The van der Waals surface area contributed by atoms with E-state index >= 15 is 0 Å². The summed E-state index contributed by atoms with van der Waals surface area (Å²) in [5, 5.41) is 8.45. The van der Waals surface area contributed by atoms with E-state index in [0.29, 0.717) is 22.5 Å². The van der Waals surface area contributed by atoms with Crippen molar-refractivity contribution in [2.75, 3.05) is 36.4 Å². The summed E-state index contributed by atoms with van der Waals surface area (Å²) >= 11 is 12.5. The number of nitrogens with zero attached hydrogens (tertiary/aromatic N) is 1. The molecule has 0 bridgehead atoms. The summed E-state index contributed by atoms with van der Waals surface area (Å²) in [7, 11) is 0. The lowest BCUT2D eigenvalue weighted by Gasteiger charge is -2.42. The molecule has 2 unspecified atom stereocenters. The molecule has 2 atom stereocenters. The van der Waals surface area contributed by atoms with Crippen LogP contribution < -0.4 is 15.5 Å². The Hall–Kier alpha value is -1.42. The van der Waals surface area contributed by atoms with Gasteiger partial charge in [0.1, 0.15) is 0 Å². The number of fused-ring (bicyclic) bond motifs is 2. The Balaban J connectivity index is 1.47. The van der Waals surface area contributed by atoms with Crippen LogP contribution in [-0.4, -0.2) is 26.2 Å². The molecule has 0 aromatic heterocycles. The Kier molecular flexibility index (Phi) is 4.27. The van der Waals surface area contributed by atoms with Gasteiger partial charge < -0.3 is 15.5 Å². The van der Waals surface area contributed by atoms with Gasteiger partial charge >= 0.3 is 0 Å². The van der Waals surface area contributed by atoms with Gasteiger partial charge in [0.2, 0.25) is 0 Å². The molecule has 0 amide bonds. The lowest BCUT2D eigenvalue weighted by Crippen LogP contribution is -2.41. The first-order valence-corrected chi connectivity index (χ1v) is 10.3. The Bertz CT molecular complexity index is 851. The highest BCUT2D eigenvalue weighted by atomic mass is 35.5. The molecule has 3 aliphatic rings. The summed E-state index contributed by atoms with van der Waals surface area (Å²) in [6, 6.07) is 10.5. The summed E-state index contributed by atoms with van der Waals surface area (Å²) in [6.45, 7) is 5.35. The normalized spacial score (nSPS) is 23.5. The first-order chi connectivity index (χ1) is 12.7. The van der Waals surface area contributed by atoms with E-state index in [9.17, 15) is 0 Å². The fourth-order valence-corrected chi connectivity index (χ4v) is 5.28. The minimum Gasteiger partial charge on any atom is -0.381 e. The van der Waals surface area contributed by atoms with Crippen molar-refractivity contribution in [1.29, 1.82) is 0 Å². The molecule has 0 aliphatic carbocycles. The summed E-state index contributed by atoms with van der Waals surface area (Å²) in [5.74, 6) is 1.39. The molecule has 0 spiro atoms. The van der Waals surface area contributed by atoms with Gasteiger partial charge in [-0.15, -0.1) is 0 Å². The van der Waals surface area contributed by atoms with Crippen molar-refractivity contribution in [2.24, 2.45) is 5.92 Å². The molecule has 3 nitrogen and oxygen atoms in total. The smallest absolute Gasteiger partial charge is 0.0642 e. The highest BCUT2D eigenvalue weighted by molar-refractivity contribution is 6.42. The first-order valence-electron chi connectivity index (χ1n) is 9.50. The molecule has 3 heterocycles. The SMILES string of the molecule is Clc1cccc(CNc2cc3c4c(c2)C2CNCC2CN4CCC3)c1Cl. The Labute approximate surface area is 164 Å². The van der Waals surface area contributed by atoms with E-state index in [1.54, 1.807) is 0 Å². The molecule has 2 aromatic carbocycles. The maximum absolute atomic E-state index is 6.35. The average Bonchev–Trinajstić information content (AvgIpc) is 3.12. The van der Waals surface area contributed by atoms with Crippen molar-refractivity contribution in [3.63, 3.8) is 0 Å². The molecule has 0 saturated carbocycles. The van der Waals surface area contributed by atoms with E-state index in [1.807, 2.05) is 18.2 Å². The molecule has 2 N–H and O–H groups in total. The van der Waals surface area contributed by atoms with Crippen molar-refractivity contribution >= 4 is 34.6 Å². The highest BCUT2D eigenvalue weighted by Crippen LogP contribution is 2.45. The number of halogens is 2. The lowest BCUT2D eigenvalue weighted by molar-refractivity contribution is 0.470.